The third kappa shape index (κ3) is 3.83. The summed E-state index contributed by atoms with van der Waals surface area (Å²) >= 11 is 6.01. The standard InChI is InChI=1S/C15H15ClN2O2S/c1-10(21(20)14-8-3-2-7-13(14)16)15(19)18-12-6-4-5-11(17)9-12/h2-10H,17H2,1H3,(H,18,19). The van der Waals surface area contributed by atoms with Gasteiger partial charge in [-0.3, -0.25) is 9.00 Å². The molecule has 3 N–H and O–H groups in total. The molecule has 0 saturated carbocycles. The molecule has 0 saturated heterocycles. The van der Waals surface area contributed by atoms with E-state index in [2.05, 4.69) is 5.32 Å². The predicted octanol–water partition coefficient (Wildman–Crippen LogP) is 3.06. The van der Waals surface area contributed by atoms with Crippen molar-refractivity contribution < 1.29 is 9.00 Å². The van der Waals surface area contributed by atoms with E-state index in [1.54, 1.807) is 55.5 Å². The number of rotatable bonds is 4. The molecule has 1 amide bonds. The monoisotopic (exact) mass is 322 g/mol. The van der Waals surface area contributed by atoms with E-state index in [0.717, 1.165) is 0 Å². The van der Waals surface area contributed by atoms with Crippen molar-refractivity contribution in [1.82, 2.24) is 0 Å². The van der Waals surface area contributed by atoms with Crippen LogP contribution >= 0.6 is 11.6 Å². The Kier molecular flexibility index (Phi) is 4.98. The molecule has 2 rings (SSSR count). The molecule has 0 aliphatic heterocycles. The van der Waals surface area contributed by atoms with Crippen molar-refractivity contribution in [3.05, 3.63) is 53.6 Å². The van der Waals surface area contributed by atoms with Gasteiger partial charge in [0.05, 0.1) is 20.7 Å². The van der Waals surface area contributed by atoms with Gasteiger partial charge in [0.25, 0.3) is 0 Å². The van der Waals surface area contributed by atoms with Crippen LogP contribution in [0.25, 0.3) is 0 Å². The summed E-state index contributed by atoms with van der Waals surface area (Å²) in [6.45, 7) is 1.60. The number of amides is 1. The van der Waals surface area contributed by atoms with Gasteiger partial charge in [0.15, 0.2) is 0 Å². The van der Waals surface area contributed by atoms with Crippen molar-refractivity contribution in [1.29, 1.82) is 0 Å². The average Bonchev–Trinajstić information content (AvgIpc) is 2.46. The second-order valence-electron chi connectivity index (χ2n) is 4.48. The first kappa shape index (κ1) is 15.5. The van der Waals surface area contributed by atoms with E-state index in [1.165, 1.54) is 0 Å². The Labute approximate surface area is 130 Å². The number of hydrogen-bond donors (Lipinski definition) is 2. The van der Waals surface area contributed by atoms with Crippen LogP contribution in [0.1, 0.15) is 6.92 Å². The lowest BCUT2D eigenvalue weighted by atomic mass is 10.3. The number of halogens is 1. The third-order valence-electron chi connectivity index (χ3n) is 2.90. The minimum atomic E-state index is -1.52. The molecule has 21 heavy (non-hydrogen) atoms. The van der Waals surface area contributed by atoms with Gasteiger partial charge in [0, 0.05) is 11.4 Å². The lowest BCUT2D eigenvalue weighted by Gasteiger charge is -2.13. The highest BCUT2D eigenvalue weighted by Crippen LogP contribution is 2.22. The van der Waals surface area contributed by atoms with E-state index in [1.807, 2.05) is 0 Å². The zero-order valence-electron chi connectivity index (χ0n) is 11.4. The van der Waals surface area contributed by atoms with Crippen LogP contribution in [0.3, 0.4) is 0 Å². The maximum Gasteiger partial charge on any atom is 0.240 e. The van der Waals surface area contributed by atoms with Crippen molar-refractivity contribution >= 4 is 39.7 Å². The number of nitrogens with two attached hydrogens (primary N) is 1. The second-order valence-corrected chi connectivity index (χ2v) is 6.63. The van der Waals surface area contributed by atoms with E-state index >= 15 is 0 Å². The number of hydrogen-bond acceptors (Lipinski definition) is 3. The van der Waals surface area contributed by atoms with Crippen LogP contribution < -0.4 is 11.1 Å². The van der Waals surface area contributed by atoms with Crippen LogP contribution in [0.15, 0.2) is 53.4 Å². The summed E-state index contributed by atoms with van der Waals surface area (Å²) in [6.07, 6.45) is 0. The van der Waals surface area contributed by atoms with Crippen molar-refractivity contribution in [2.75, 3.05) is 11.1 Å². The summed E-state index contributed by atoms with van der Waals surface area (Å²) in [5, 5.41) is 2.36. The smallest absolute Gasteiger partial charge is 0.240 e. The molecule has 110 valence electrons. The molecular formula is C15H15ClN2O2S. The molecule has 2 aromatic carbocycles. The molecule has 0 fully saturated rings. The fourth-order valence-electron chi connectivity index (χ4n) is 1.76. The van der Waals surface area contributed by atoms with E-state index in [-0.39, 0.29) is 5.91 Å². The van der Waals surface area contributed by atoms with Crippen LogP contribution in [-0.2, 0) is 15.6 Å². The fraction of sp³-hybridized carbons (Fsp3) is 0.133. The lowest BCUT2D eigenvalue weighted by Crippen LogP contribution is -2.29. The molecule has 0 radical (unpaired) electrons. The minimum Gasteiger partial charge on any atom is -0.399 e. The number of anilines is 2. The third-order valence-corrected chi connectivity index (χ3v) is 4.99. The molecule has 2 atom stereocenters. The summed E-state index contributed by atoms with van der Waals surface area (Å²) in [5.74, 6) is -0.348. The minimum absolute atomic E-state index is 0.348. The highest BCUT2D eigenvalue weighted by Gasteiger charge is 2.23. The molecule has 0 aromatic heterocycles. The zero-order chi connectivity index (χ0) is 15.4. The maximum atomic E-state index is 12.4. The number of nitrogens with one attached hydrogen (secondary N) is 1. The van der Waals surface area contributed by atoms with Gasteiger partial charge in [0.1, 0.15) is 5.25 Å². The molecule has 0 aliphatic carbocycles. The molecule has 0 spiro atoms. The van der Waals surface area contributed by atoms with E-state index in [4.69, 9.17) is 17.3 Å². The first-order chi connectivity index (χ1) is 9.99. The Balaban J connectivity index is 2.12. The molecule has 6 heteroatoms. The van der Waals surface area contributed by atoms with Crippen molar-refractivity contribution in [2.24, 2.45) is 0 Å². The zero-order valence-corrected chi connectivity index (χ0v) is 12.9. The number of benzene rings is 2. The molecule has 0 heterocycles. The van der Waals surface area contributed by atoms with Gasteiger partial charge in [-0.15, -0.1) is 0 Å². The van der Waals surface area contributed by atoms with Crippen molar-refractivity contribution in [2.45, 2.75) is 17.1 Å². The van der Waals surface area contributed by atoms with Gasteiger partial charge in [-0.2, -0.15) is 0 Å². The van der Waals surface area contributed by atoms with Gasteiger partial charge in [-0.1, -0.05) is 29.8 Å². The molecule has 2 aromatic rings. The topological polar surface area (TPSA) is 72.2 Å². The number of carbonyl (C=O) groups excluding carboxylic acids is 1. The largest absolute Gasteiger partial charge is 0.399 e. The van der Waals surface area contributed by atoms with Crippen LogP contribution in [-0.4, -0.2) is 15.4 Å². The summed E-state index contributed by atoms with van der Waals surface area (Å²) in [7, 11) is -1.52. The molecule has 0 bridgehead atoms. The van der Waals surface area contributed by atoms with Gasteiger partial charge < -0.3 is 11.1 Å². The molecule has 4 nitrogen and oxygen atoms in total. The highest BCUT2D eigenvalue weighted by molar-refractivity contribution is 7.86. The lowest BCUT2D eigenvalue weighted by molar-refractivity contribution is -0.115. The Hall–Kier alpha value is -1.85. The first-order valence-corrected chi connectivity index (χ1v) is 7.89. The highest BCUT2D eigenvalue weighted by atomic mass is 35.5. The Morgan fingerprint density at radius 3 is 2.62 bits per heavy atom. The van der Waals surface area contributed by atoms with Gasteiger partial charge in [-0.05, 0) is 37.3 Å². The first-order valence-electron chi connectivity index (χ1n) is 6.30. The second kappa shape index (κ2) is 6.74. The molecule has 2 unspecified atom stereocenters. The Bertz CT molecular complexity index is 691. The summed E-state index contributed by atoms with van der Waals surface area (Å²) in [5.41, 5.74) is 6.77. The van der Waals surface area contributed by atoms with Gasteiger partial charge >= 0.3 is 0 Å². The van der Waals surface area contributed by atoms with E-state index in [0.29, 0.717) is 21.3 Å². The summed E-state index contributed by atoms with van der Waals surface area (Å²) < 4.78 is 12.4. The van der Waals surface area contributed by atoms with Crippen LogP contribution in [0.4, 0.5) is 11.4 Å². The van der Waals surface area contributed by atoms with Crippen LogP contribution in [0.2, 0.25) is 5.02 Å². The van der Waals surface area contributed by atoms with Crippen LogP contribution in [0.5, 0.6) is 0 Å². The Morgan fingerprint density at radius 1 is 1.24 bits per heavy atom. The summed E-state index contributed by atoms with van der Waals surface area (Å²) in [4.78, 5) is 12.6. The summed E-state index contributed by atoms with van der Waals surface area (Å²) in [6, 6.07) is 13.6. The number of nitrogen functional groups attached to an aromatic ring is 1. The van der Waals surface area contributed by atoms with Crippen molar-refractivity contribution in [3.63, 3.8) is 0 Å². The van der Waals surface area contributed by atoms with Crippen LogP contribution in [0, 0.1) is 0 Å². The van der Waals surface area contributed by atoms with E-state index in [9.17, 15) is 9.00 Å². The van der Waals surface area contributed by atoms with E-state index < -0.39 is 16.0 Å². The average molecular weight is 323 g/mol. The molecule has 0 aliphatic rings. The van der Waals surface area contributed by atoms with Gasteiger partial charge in [0.2, 0.25) is 5.91 Å². The quantitative estimate of drug-likeness (QED) is 0.850. The van der Waals surface area contributed by atoms with Gasteiger partial charge in [-0.25, -0.2) is 0 Å². The Morgan fingerprint density at radius 2 is 1.95 bits per heavy atom. The maximum absolute atomic E-state index is 12.4. The number of carbonyl (C=O) groups is 1. The SMILES string of the molecule is CC(C(=O)Nc1cccc(N)c1)S(=O)c1ccccc1Cl. The normalized spacial score (nSPS) is 13.4. The predicted molar refractivity (Wildman–Crippen MR) is 86.8 cm³/mol. The molecular weight excluding hydrogens is 308 g/mol. The van der Waals surface area contributed by atoms with Crippen molar-refractivity contribution in [3.8, 4) is 0 Å². The fourth-order valence-corrected chi connectivity index (χ4v) is 3.23.